The summed E-state index contributed by atoms with van der Waals surface area (Å²) in [5, 5.41) is 3.96. The zero-order valence-electron chi connectivity index (χ0n) is 17.5. The lowest BCUT2D eigenvalue weighted by Crippen LogP contribution is -2.42. The van der Waals surface area contributed by atoms with Crippen molar-refractivity contribution in [1.29, 1.82) is 0 Å². The third-order valence-electron chi connectivity index (χ3n) is 5.03. The summed E-state index contributed by atoms with van der Waals surface area (Å²) in [6, 6.07) is 9.82. The summed E-state index contributed by atoms with van der Waals surface area (Å²) in [6.45, 7) is 1.23. The predicted octanol–water partition coefficient (Wildman–Crippen LogP) is 3.10. The number of hydrogen-bond acceptors (Lipinski definition) is 9. The number of aromatic nitrogens is 3. The van der Waals surface area contributed by atoms with Crippen LogP contribution in [0.1, 0.15) is 29.1 Å². The summed E-state index contributed by atoms with van der Waals surface area (Å²) in [5.74, 6) is 0.804. The van der Waals surface area contributed by atoms with Gasteiger partial charge in [0.25, 0.3) is 5.89 Å². The van der Waals surface area contributed by atoms with Gasteiger partial charge < -0.3 is 23.6 Å². The molecule has 4 rings (SSSR count). The fourth-order valence-electron chi connectivity index (χ4n) is 3.27. The molecule has 0 spiro atoms. The van der Waals surface area contributed by atoms with Crippen molar-refractivity contribution in [2.24, 2.45) is 0 Å². The molecular formula is C22H22N4O6. The second kappa shape index (κ2) is 10.0. The minimum Gasteiger partial charge on any atom is -0.465 e. The Bertz CT molecular complexity index is 1050. The molecule has 0 atom stereocenters. The van der Waals surface area contributed by atoms with E-state index in [9.17, 15) is 9.59 Å². The molecule has 1 aliphatic heterocycles. The van der Waals surface area contributed by atoms with E-state index < -0.39 is 12.1 Å². The summed E-state index contributed by atoms with van der Waals surface area (Å²) >= 11 is 0. The maximum absolute atomic E-state index is 12.4. The predicted molar refractivity (Wildman–Crippen MR) is 111 cm³/mol. The third-order valence-corrected chi connectivity index (χ3v) is 5.03. The summed E-state index contributed by atoms with van der Waals surface area (Å²) in [5.41, 5.74) is 1.21. The first kappa shape index (κ1) is 21.4. The SMILES string of the molecule is COC(=O)c1ccc(OC(=O)N2CCC(OCc3nc(-c4ccncc4)no3)CC2)cc1. The number of carbonyl (C=O) groups is 2. The van der Waals surface area contributed by atoms with E-state index in [-0.39, 0.29) is 12.7 Å². The normalized spacial score (nSPS) is 14.2. The van der Waals surface area contributed by atoms with Gasteiger partial charge in [-0.15, -0.1) is 0 Å². The second-order valence-electron chi connectivity index (χ2n) is 7.13. The van der Waals surface area contributed by atoms with Crippen molar-refractivity contribution in [3.05, 3.63) is 60.2 Å². The number of methoxy groups -OCH3 is 1. The number of rotatable bonds is 6. The molecule has 3 heterocycles. The van der Waals surface area contributed by atoms with Crippen molar-refractivity contribution in [3.63, 3.8) is 0 Å². The Kier molecular flexibility index (Phi) is 6.71. The number of ether oxygens (including phenoxy) is 3. The Balaban J connectivity index is 1.21. The molecule has 0 aliphatic carbocycles. The van der Waals surface area contributed by atoms with Crippen LogP contribution >= 0.6 is 0 Å². The lowest BCUT2D eigenvalue weighted by molar-refractivity contribution is -0.00891. The molecule has 3 aromatic rings. The fraction of sp³-hybridized carbons (Fsp3) is 0.318. The molecule has 0 N–H and O–H groups in total. The van der Waals surface area contributed by atoms with Crippen molar-refractivity contribution >= 4 is 12.1 Å². The highest BCUT2D eigenvalue weighted by molar-refractivity contribution is 5.89. The molecule has 0 unspecified atom stereocenters. The molecule has 1 aromatic carbocycles. The van der Waals surface area contributed by atoms with Gasteiger partial charge in [-0.2, -0.15) is 4.98 Å². The average molecular weight is 438 g/mol. The molecule has 1 fully saturated rings. The first-order chi connectivity index (χ1) is 15.6. The summed E-state index contributed by atoms with van der Waals surface area (Å²) in [4.78, 5) is 33.8. The number of nitrogens with zero attached hydrogens (tertiary/aromatic N) is 4. The van der Waals surface area contributed by atoms with Crippen molar-refractivity contribution in [3.8, 4) is 17.1 Å². The molecule has 10 nitrogen and oxygen atoms in total. The highest BCUT2D eigenvalue weighted by atomic mass is 16.6. The summed E-state index contributed by atoms with van der Waals surface area (Å²) < 4.78 is 21.2. The van der Waals surface area contributed by atoms with Crippen molar-refractivity contribution in [1.82, 2.24) is 20.0 Å². The minimum atomic E-state index is -0.445. The molecule has 1 aliphatic rings. The van der Waals surface area contributed by atoms with E-state index in [0.29, 0.717) is 49.0 Å². The third kappa shape index (κ3) is 5.27. The monoisotopic (exact) mass is 438 g/mol. The fourth-order valence-corrected chi connectivity index (χ4v) is 3.27. The van der Waals surface area contributed by atoms with E-state index in [1.54, 1.807) is 53.7 Å². The molecule has 2 aromatic heterocycles. The lowest BCUT2D eigenvalue weighted by atomic mass is 10.1. The zero-order chi connectivity index (χ0) is 22.3. The number of amides is 1. The van der Waals surface area contributed by atoms with Gasteiger partial charge in [-0.3, -0.25) is 4.98 Å². The Morgan fingerprint density at radius 1 is 1.09 bits per heavy atom. The Labute approximate surface area is 184 Å². The van der Waals surface area contributed by atoms with Crippen LogP contribution in [0.3, 0.4) is 0 Å². The summed E-state index contributed by atoms with van der Waals surface area (Å²) in [7, 11) is 1.31. The van der Waals surface area contributed by atoms with Crippen molar-refractivity contribution < 1.29 is 28.3 Å². The van der Waals surface area contributed by atoms with Crippen LogP contribution in [0.2, 0.25) is 0 Å². The smallest absolute Gasteiger partial charge is 0.415 e. The minimum absolute atomic E-state index is 0.0188. The van der Waals surface area contributed by atoms with Crippen LogP contribution in [0.5, 0.6) is 5.75 Å². The van der Waals surface area contributed by atoms with Gasteiger partial charge in [-0.1, -0.05) is 5.16 Å². The molecule has 10 heteroatoms. The van der Waals surface area contributed by atoms with Gasteiger partial charge in [0.05, 0.1) is 18.8 Å². The first-order valence-electron chi connectivity index (χ1n) is 10.1. The molecule has 0 saturated carbocycles. The van der Waals surface area contributed by atoms with Gasteiger partial charge in [0.15, 0.2) is 0 Å². The maximum atomic E-state index is 12.4. The van der Waals surface area contributed by atoms with Crippen LogP contribution in [-0.4, -0.2) is 58.4 Å². The Hall–Kier alpha value is -3.79. The van der Waals surface area contributed by atoms with Gasteiger partial charge in [0.1, 0.15) is 12.4 Å². The molecule has 0 radical (unpaired) electrons. The quantitative estimate of drug-likeness (QED) is 0.535. The molecular weight excluding hydrogens is 416 g/mol. The van der Waals surface area contributed by atoms with E-state index in [1.165, 1.54) is 7.11 Å². The topological polar surface area (TPSA) is 117 Å². The number of carbonyl (C=O) groups excluding carboxylic acids is 2. The number of piperidine rings is 1. The second-order valence-corrected chi connectivity index (χ2v) is 7.13. The zero-order valence-corrected chi connectivity index (χ0v) is 17.5. The average Bonchev–Trinajstić information content (AvgIpc) is 3.33. The number of hydrogen-bond donors (Lipinski definition) is 0. The van der Waals surface area contributed by atoms with Crippen molar-refractivity contribution in [2.45, 2.75) is 25.6 Å². The molecule has 0 bridgehead atoms. The Morgan fingerprint density at radius 2 is 1.81 bits per heavy atom. The number of pyridine rings is 1. The highest BCUT2D eigenvalue weighted by Gasteiger charge is 2.25. The first-order valence-corrected chi connectivity index (χ1v) is 10.1. The van der Waals surface area contributed by atoms with E-state index in [1.807, 2.05) is 0 Å². The van der Waals surface area contributed by atoms with Gasteiger partial charge in [0.2, 0.25) is 5.82 Å². The largest absolute Gasteiger partial charge is 0.465 e. The molecule has 1 amide bonds. The van der Waals surface area contributed by atoms with E-state index in [2.05, 4.69) is 19.9 Å². The van der Waals surface area contributed by atoms with Gasteiger partial charge >= 0.3 is 12.1 Å². The molecule has 166 valence electrons. The van der Waals surface area contributed by atoms with E-state index >= 15 is 0 Å². The number of benzene rings is 1. The number of esters is 1. The van der Waals surface area contributed by atoms with E-state index in [0.717, 1.165) is 5.56 Å². The van der Waals surface area contributed by atoms with Crippen LogP contribution in [0.4, 0.5) is 4.79 Å². The van der Waals surface area contributed by atoms with Gasteiger partial charge in [-0.05, 0) is 49.2 Å². The van der Waals surface area contributed by atoms with Crippen molar-refractivity contribution in [2.75, 3.05) is 20.2 Å². The number of likely N-dealkylation sites (tertiary alicyclic amines) is 1. The van der Waals surface area contributed by atoms with Crippen LogP contribution < -0.4 is 4.74 Å². The van der Waals surface area contributed by atoms with Crippen LogP contribution in [0, 0.1) is 0 Å². The van der Waals surface area contributed by atoms with Crippen LogP contribution in [0.15, 0.2) is 53.3 Å². The highest BCUT2D eigenvalue weighted by Crippen LogP contribution is 2.20. The maximum Gasteiger partial charge on any atom is 0.415 e. The van der Waals surface area contributed by atoms with Crippen LogP contribution in [-0.2, 0) is 16.1 Å². The van der Waals surface area contributed by atoms with Gasteiger partial charge in [0, 0.05) is 31.0 Å². The van der Waals surface area contributed by atoms with Crippen LogP contribution in [0.25, 0.3) is 11.4 Å². The standard InChI is InChI=1S/C22H22N4O6/c1-29-21(27)16-2-4-18(5-3-16)31-22(28)26-12-8-17(9-13-26)30-14-19-24-20(25-32-19)15-6-10-23-11-7-15/h2-7,10-11,17H,8-9,12-14H2,1H3. The molecule has 1 saturated heterocycles. The lowest BCUT2D eigenvalue weighted by Gasteiger charge is -2.30. The molecule has 32 heavy (non-hydrogen) atoms. The Morgan fingerprint density at radius 3 is 2.50 bits per heavy atom. The summed E-state index contributed by atoms with van der Waals surface area (Å²) in [6.07, 6.45) is 4.21. The van der Waals surface area contributed by atoms with E-state index in [4.69, 9.17) is 14.0 Å². The van der Waals surface area contributed by atoms with Gasteiger partial charge in [-0.25, -0.2) is 9.59 Å².